The Morgan fingerprint density at radius 3 is 2.84 bits per heavy atom. The van der Waals surface area contributed by atoms with Crippen LogP contribution in [0.5, 0.6) is 11.5 Å². The third-order valence-electron chi connectivity index (χ3n) is 2.61. The third-order valence-corrected chi connectivity index (χ3v) is 3.74. The average Bonchev–Trinajstić information content (AvgIpc) is 2.90. The molecule has 1 heterocycles. The van der Waals surface area contributed by atoms with E-state index in [-0.39, 0.29) is 0 Å². The molecule has 3 nitrogen and oxygen atoms in total. The van der Waals surface area contributed by atoms with Gasteiger partial charge in [-0.2, -0.15) is 0 Å². The van der Waals surface area contributed by atoms with Crippen LogP contribution in [0, 0.1) is 0 Å². The van der Waals surface area contributed by atoms with E-state index in [2.05, 4.69) is 5.32 Å². The zero-order chi connectivity index (χ0) is 13.7. The summed E-state index contributed by atoms with van der Waals surface area (Å²) < 4.78 is 11.1. The zero-order valence-corrected chi connectivity index (χ0v) is 12.5. The lowest BCUT2D eigenvalue weighted by atomic mass is 10.2. The van der Waals surface area contributed by atoms with Crippen LogP contribution in [0.25, 0.3) is 0 Å². The fraction of sp³-hybridized carbons (Fsp3) is 0.286. The number of thiophene rings is 1. The predicted molar refractivity (Wildman–Crippen MR) is 79.4 cm³/mol. The summed E-state index contributed by atoms with van der Waals surface area (Å²) in [5.74, 6) is 1.26. The smallest absolute Gasteiger partial charge is 0.180 e. The van der Waals surface area contributed by atoms with Gasteiger partial charge in [-0.05, 0) is 36.2 Å². The molecule has 0 bridgehead atoms. The van der Waals surface area contributed by atoms with Crippen molar-refractivity contribution in [3.05, 3.63) is 45.1 Å². The second kappa shape index (κ2) is 6.80. The van der Waals surface area contributed by atoms with Gasteiger partial charge in [-0.25, -0.2) is 0 Å². The Kier molecular flexibility index (Phi) is 5.07. The third kappa shape index (κ3) is 3.62. The number of rotatable bonds is 6. The molecule has 5 heteroatoms. The van der Waals surface area contributed by atoms with Gasteiger partial charge in [0.1, 0.15) is 6.61 Å². The van der Waals surface area contributed by atoms with Gasteiger partial charge in [0.05, 0.1) is 12.1 Å². The maximum Gasteiger partial charge on any atom is 0.180 e. The first-order valence-electron chi connectivity index (χ1n) is 5.90. The highest BCUT2D eigenvalue weighted by molar-refractivity contribution is 7.09. The Bertz CT molecular complexity index is 528. The van der Waals surface area contributed by atoms with Gasteiger partial charge in [0, 0.05) is 11.4 Å². The molecule has 102 valence electrons. The van der Waals surface area contributed by atoms with Gasteiger partial charge in [-0.3, -0.25) is 0 Å². The van der Waals surface area contributed by atoms with E-state index in [1.807, 2.05) is 36.7 Å². The van der Waals surface area contributed by atoms with Gasteiger partial charge >= 0.3 is 0 Å². The van der Waals surface area contributed by atoms with Gasteiger partial charge < -0.3 is 14.8 Å². The number of nitrogens with one attached hydrogen (secondary N) is 1. The van der Waals surface area contributed by atoms with Crippen molar-refractivity contribution in [3.63, 3.8) is 0 Å². The summed E-state index contributed by atoms with van der Waals surface area (Å²) in [4.78, 5) is 1.15. The van der Waals surface area contributed by atoms with Gasteiger partial charge in [0.25, 0.3) is 0 Å². The second-order valence-electron chi connectivity index (χ2n) is 4.01. The standard InChI is InChI=1S/C14H16ClNO2S/c1-16-8-10-6-12(15)14(13(7-10)17-2)18-9-11-4-3-5-19-11/h3-7,16H,8-9H2,1-2H3. The second-order valence-corrected chi connectivity index (χ2v) is 5.45. The van der Waals surface area contributed by atoms with Crippen molar-refractivity contribution in [3.8, 4) is 11.5 Å². The summed E-state index contributed by atoms with van der Waals surface area (Å²) in [5, 5.41) is 5.67. The number of hydrogen-bond donors (Lipinski definition) is 1. The molecule has 0 amide bonds. The van der Waals surface area contributed by atoms with E-state index in [1.54, 1.807) is 18.4 Å². The fourth-order valence-corrected chi connectivity index (χ4v) is 2.66. The monoisotopic (exact) mass is 297 g/mol. The topological polar surface area (TPSA) is 30.5 Å². The number of hydrogen-bond acceptors (Lipinski definition) is 4. The van der Waals surface area contributed by atoms with Crippen LogP contribution in [0.1, 0.15) is 10.4 Å². The molecule has 0 atom stereocenters. The highest BCUT2D eigenvalue weighted by Crippen LogP contribution is 2.37. The molecule has 0 unspecified atom stereocenters. The van der Waals surface area contributed by atoms with Gasteiger partial charge in [0.15, 0.2) is 11.5 Å². The van der Waals surface area contributed by atoms with Crippen molar-refractivity contribution >= 4 is 22.9 Å². The first kappa shape index (κ1) is 14.2. The van der Waals surface area contributed by atoms with Crippen LogP contribution < -0.4 is 14.8 Å². The van der Waals surface area contributed by atoms with Crippen LogP contribution >= 0.6 is 22.9 Å². The lowest BCUT2D eigenvalue weighted by molar-refractivity contribution is 0.287. The number of ether oxygens (including phenoxy) is 2. The highest BCUT2D eigenvalue weighted by atomic mass is 35.5. The molecule has 19 heavy (non-hydrogen) atoms. The van der Waals surface area contributed by atoms with Crippen LogP contribution in [0.2, 0.25) is 5.02 Å². The lowest BCUT2D eigenvalue weighted by Crippen LogP contribution is -2.06. The number of benzene rings is 1. The molecule has 0 aliphatic heterocycles. The Balaban J connectivity index is 2.18. The maximum atomic E-state index is 6.26. The highest BCUT2D eigenvalue weighted by Gasteiger charge is 2.12. The van der Waals surface area contributed by atoms with E-state index in [4.69, 9.17) is 21.1 Å². The van der Waals surface area contributed by atoms with E-state index in [0.29, 0.717) is 23.1 Å². The van der Waals surface area contributed by atoms with Crippen LogP contribution in [-0.2, 0) is 13.2 Å². The Labute approximate surface area is 122 Å². The minimum Gasteiger partial charge on any atom is -0.493 e. The Hall–Kier alpha value is -1.23. The van der Waals surface area contributed by atoms with E-state index < -0.39 is 0 Å². The lowest BCUT2D eigenvalue weighted by Gasteiger charge is -2.13. The molecular weight excluding hydrogens is 282 g/mol. The molecule has 2 aromatic rings. The molecule has 2 rings (SSSR count). The molecule has 1 aromatic heterocycles. The minimum atomic E-state index is 0.499. The van der Waals surface area contributed by atoms with Crippen LogP contribution in [0.15, 0.2) is 29.6 Å². The van der Waals surface area contributed by atoms with Crippen molar-refractivity contribution in [1.82, 2.24) is 5.32 Å². The summed E-state index contributed by atoms with van der Waals surface area (Å²) in [5.41, 5.74) is 1.06. The van der Waals surface area contributed by atoms with Gasteiger partial charge in [-0.1, -0.05) is 17.7 Å². The number of halogens is 1. The van der Waals surface area contributed by atoms with E-state index >= 15 is 0 Å². The molecule has 0 aliphatic rings. The molecule has 1 N–H and O–H groups in total. The van der Waals surface area contributed by atoms with Crippen LogP contribution in [-0.4, -0.2) is 14.2 Å². The molecule has 0 radical (unpaired) electrons. The first-order chi connectivity index (χ1) is 9.24. The minimum absolute atomic E-state index is 0.499. The first-order valence-corrected chi connectivity index (χ1v) is 7.16. The molecule has 1 aromatic carbocycles. The summed E-state index contributed by atoms with van der Waals surface area (Å²) in [6.07, 6.45) is 0. The zero-order valence-electron chi connectivity index (χ0n) is 10.9. The van der Waals surface area contributed by atoms with Gasteiger partial charge in [-0.15, -0.1) is 11.3 Å². The Morgan fingerprint density at radius 1 is 1.37 bits per heavy atom. The van der Waals surface area contributed by atoms with Gasteiger partial charge in [0.2, 0.25) is 0 Å². The number of methoxy groups -OCH3 is 1. The van der Waals surface area contributed by atoms with Crippen LogP contribution in [0.3, 0.4) is 0 Å². The quantitative estimate of drug-likeness (QED) is 0.882. The predicted octanol–water partition coefficient (Wildman–Crippen LogP) is 3.71. The maximum absolute atomic E-state index is 6.26. The fourth-order valence-electron chi connectivity index (χ4n) is 1.76. The Morgan fingerprint density at radius 2 is 2.21 bits per heavy atom. The normalized spacial score (nSPS) is 10.5. The molecular formula is C14H16ClNO2S. The van der Waals surface area contributed by atoms with Crippen molar-refractivity contribution in [2.45, 2.75) is 13.2 Å². The van der Waals surface area contributed by atoms with Crippen molar-refractivity contribution in [2.75, 3.05) is 14.2 Å². The SMILES string of the molecule is CNCc1cc(Cl)c(OCc2cccs2)c(OC)c1. The van der Waals surface area contributed by atoms with Crippen molar-refractivity contribution < 1.29 is 9.47 Å². The van der Waals surface area contributed by atoms with E-state index in [1.165, 1.54) is 0 Å². The van der Waals surface area contributed by atoms with E-state index in [0.717, 1.165) is 17.0 Å². The largest absolute Gasteiger partial charge is 0.493 e. The molecule has 0 fully saturated rings. The molecule has 0 saturated carbocycles. The molecule has 0 aliphatic carbocycles. The summed E-state index contributed by atoms with van der Waals surface area (Å²) in [7, 11) is 3.51. The molecule has 0 spiro atoms. The van der Waals surface area contributed by atoms with Crippen molar-refractivity contribution in [2.24, 2.45) is 0 Å². The average molecular weight is 298 g/mol. The van der Waals surface area contributed by atoms with Crippen molar-refractivity contribution in [1.29, 1.82) is 0 Å². The summed E-state index contributed by atoms with van der Waals surface area (Å²) in [6, 6.07) is 7.86. The summed E-state index contributed by atoms with van der Waals surface area (Å²) >= 11 is 7.91. The van der Waals surface area contributed by atoms with E-state index in [9.17, 15) is 0 Å². The molecule has 0 saturated heterocycles. The van der Waals surface area contributed by atoms with Crippen LogP contribution in [0.4, 0.5) is 0 Å². The summed E-state index contributed by atoms with van der Waals surface area (Å²) in [6.45, 7) is 1.24.